The lowest BCUT2D eigenvalue weighted by molar-refractivity contribution is -0.111. The van der Waals surface area contributed by atoms with Crippen LogP contribution in [0, 0.1) is 20.8 Å². The molecule has 1 N–H and O–H groups in total. The van der Waals surface area contributed by atoms with E-state index in [9.17, 15) is 4.79 Å². The van der Waals surface area contributed by atoms with Gasteiger partial charge in [-0.25, -0.2) is 0 Å². The largest absolute Gasteiger partial charge is 0.496 e. The van der Waals surface area contributed by atoms with Gasteiger partial charge in [-0.15, -0.1) is 0 Å². The normalized spacial score (nSPS) is 11.8. The number of anilines is 1. The summed E-state index contributed by atoms with van der Waals surface area (Å²) in [5.41, 5.74) is 8.39. The summed E-state index contributed by atoms with van der Waals surface area (Å²) >= 11 is 0. The molecule has 1 aromatic heterocycles. The van der Waals surface area contributed by atoms with Gasteiger partial charge in [-0.3, -0.25) is 4.79 Å². The van der Waals surface area contributed by atoms with Crippen LogP contribution in [0.3, 0.4) is 0 Å². The zero-order valence-electron chi connectivity index (χ0n) is 21.2. The van der Waals surface area contributed by atoms with Crippen LogP contribution in [-0.2, 0) is 4.79 Å². The van der Waals surface area contributed by atoms with Gasteiger partial charge < -0.3 is 14.5 Å². The minimum Gasteiger partial charge on any atom is -0.496 e. The molecule has 0 radical (unpaired) electrons. The molecule has 4 heteroatoms. The van der Waals surface area contributed by atoms with Gasteiger partial charge in [0.05, 0.1) is 13.4 Å². The van der Waals surface area contributed by atoms with Gasteiger partial charge in [0.1, 0.15) is 11.3 Å². The molecule has 0 aliphatic rings. The summed E-state index contributed by atoms with van der Waals surface area (Å²) < 4.78 is 11.8. The summed E-state index contributed by atoms with van der Waals surface area (Å²) in [6.07, 6.45) is 3.43. The van der Waals surface area contributed by atoms with Gasteiger partial charge in [0, 0.05) is 33.8 Å². The molecule has 0 fully saturated rings. The molecule has 1 amide bonds. The number of allylic oxidation sites excluding steroid dienone is 1. The molecule has 0 atom stereocenters. The standard InChI is InChI=1S/C32H29NO3/c1-19-10-11-20(2)29(14-19)33-30(34)15-21(3)26-17-27-28(18-36-32(27)22(4)31(26)35-5)25-13-12-23-8-6-7-9-24(23)16-25/h6-18H,1-5H3,(H,33,34)/b21-15+. The van der Waals surface area contributed by atoms with Crippen molar-refractivity contribution in [2.75, 3.05) is 12.4 Å². The fourth-order valence-electron chi connectivity index (χ4n) is 4.77. The van der Waals surface area contributed by atoms with E-state index in [4.69, 9.17) is 9.15 Å². The number of ether oxygens (including phenoxy) is 1. The Morgan fingerprint density at radius 2 is 1.72 bits per heavy atom. The number of carbonyl (C=O) groups is 1. The molecular weight excluding hydrogens is 446 g/mol. The number of carbonyl (C=O) groups excluding carboxylic acids is 1. The average Bonchev–Trinajstić information content (AvgIpc) is 3.30. The van der Waals surface area contributed by atoms with Gasteiger partial charge >= 0.3 is 0 Å². The molecule has 0 saturated heterocycles. The van der Waals surface area contributed by atoms with E-state index in [0.29, 0.717) is 5.75 Å². The number of amides is 1. The number of hydrogen-bond donors (Lipinski definition) is 1. The van der Waals surface area contributed by atoms with Gasteiger partial charge in [-0.05, 0) is 78.9 Å². The predicted molar refractivity (Wildman–Crippen MR) is 149 cm³/mol. The van der Waals surface area contributed by atoms with Crippen molar-refractivity contribution >= 4 is 38.9 Å². The first kappa shape index (κ1) is 23.4. The van der Waals surface area contributed by atoms with Crippen molar-refractivity contribution in [2.45, 2.75) is 27.7 Å². The number of fused-ring (bicyclic) bond motifs is 2. The molecular formula is C32H29NO3. The highest BCUT2D eigenvalue weighted by Gasteiger charge is 2.19. The minimum atomic E-state index is -0.178. The second-order valence-corrected chi connectivity index (χ2v) is 9.31. The zero-order chi connectivity index (χ0) is 25.4. The number of nitrogens with one attached hydrogen (secondary N) is 1. The first-order chi connectivity index (χ1) is 17.4. The van der Waals surface area contributed by atoms with Crippen LogP contribution < -0.4 is 10.1 Å². The molecule has 36 heavy (non-hydrogen) atoms. The highest BCUT2D eigenvalue weighted by molar-refractivity contribution is 6.06. The lowest BCUT2D eigenvalue weighted by Crippen LogP contribution is -2.10. The molecule has 4 nitrogen and oxygen atoms in total. The van der Waals surface area contributed by atoms with E-state index in [2.05, 4.69) is 41.7 Å². The second kappa shape index (κ2) is 9.38. The number of rotatable bonds is 5. The minimum absolute atomic E-state index is 0.178. The first-order valence-corrected chi connectivity index (χ1v) is 12.0. The van der Waals surface area contributed by atoms with Gasteiger partial charge in [0.25, 0.3) is 0 Å². The quantitative estimate of drug-likeness (QED) is 0.261. The Kier molecular flexibility index (Phi) is 6.11. The summed E-state index contributed by atoms with van der Waals surface area (Å²) in [6.45, 7) is 7.92. The number of hydrogen-bond acceptors (Lipinski definition) is 3. The molecule has 5 rings (SSSR count). The highest BCUT2D eigenvalue weighted by atomic mass is 16.5. The Hall–Kier alpha value is -4.31. The Balaban J connectivity index is 1.58. The van der Waals surface area contributed by atoms with E-state index < -0.39 is 0 Å². The molecule has 0 bridgehead atoms. The lowest BCUT2D eigenvalue weighted by atomic mass is 9.95. The summed E-state index contributed by atoms with van der Waals surface area (Å²) in [5.74, 6) is 0.526. The van der Waals surface area contributed by atoms with Crippen LogP contribution in [0.15, 0.2) is 83.5 Å². The molecule has 1 heterocycles. The second-order valence-electron chi connectivity index (χ2n) is 9.31. The summed E-state index contributed by atoms with van der Waals surface area (Å²) in [5, 5.41) is 6.37. The Morgan fingerprint density at radius 1 is 0.944 bits per heavy atom. The number of benzene rings is 4. The summed E-state index contributed by atoms with van der Waals surface area (Å²) in [4.78, 5) is 12.9. The molecule has 0 aliphatic carbocycles. The monoisotopic (exact) mass is 475 g/mol. The van der Waals surface area contributed by atoms with Gasteiger partial charge in [0.2, 0.25) is 5.91 Å². The third kappa shape index (κ3) is 4.27. The molecule has 0 aliphatic heterocycles. The third-order valence-corrected chi connectivity index (χ3v) is 6.73. The Bertz CT molecular complexity index is 1660. The van der Waals surface area contributed by atoms with Crippen LogP contribution >= 0.6 is 0 Å². The fraction of sp³-hybridized carbons (Fsp3) is 0.156. The maximum atomic E-state index is 12.9. The molecule has 180 valence electrons. The van der Waals surface area contributed by atoms with Gasteiger partial charge in [-0.2, -0.15) is 0 Å². The van der Waals surface area contributed by atoms with Gasteiger partial charge in [0.15, 0.2) is 0 Å². The number of methoxy groups -OCH3 is 1. The van der Waals surface area contributed by atoms with E-state index in [-0.39, 0.29) is 5.91 Å². The predicted octanol–water partition coefficient (Wildman–Crippen LogP) is 8.23. The van der Waals surface area contributed by atoms with E-state index >= 15 is 0 Å². The van der Waals surface area contributed by atoms with E-state index in [0.717, 1.165) is 55.6 Å². The highest BCUT2D eigenvalue weighted by Crippen LogP contribution is 2.41. The van der Waals surface area contributed by atoms with Crippen molar-refractivity contribution in [2.24, 2.45) is 0 Å². The molecule has 4 aromatic carbocycles. The molecule has 5 aromatic rings. The van der Waals surface area contributed by atoms with Crippen LogP contribution in [0.1, 0.15) is 29.2 Å². The van der Waals surface area contributed by atoms with Crippen molar-refractivity contribution < 1.29 is 13.9 Å². The van der Waals surface area contributed by atoms with Crippen LogP contribution in [0.25, 0.3) is 38.4 Å². The maximum absolute atomic E-state index is 12.9. The lowest BCUT2D eigenvalue weighted by Gasteiger charge is -2.14. The van der Waals surface area contributed by atoms with Crippen LogP contribution in [0.4, 0.5) is 5.69 Å². The van der Waals surface area contributed by atoms with E-state index in [1.54, 1.807) is 19.4 Å². The smallest absolute Gasteiger partial charge is 0.248 e. The number of furan rings is 1. The zero-order valence-corrected chi connectivity index (χ0v) is 21.2. The topological polar surface area (TPSA) is 51.5 Å². The average molecular weight is 476 g/mol. The van der Waals surface area contributed by atoms with Crippen molar-refractivity contribution in [3.63, 3.8) is 0 Å². The molecule has 0 spiro atoms. The molecule has 0 saturated carbocycles. The van der Waals surface area contributed by atoms with Crippen molar-refractivity contribution in [1.29, 1.82) is 0 Å². The summed E-state index contributed by atoms with van der Waals surface area (Å²) in [7, 11) is 1.65. The first-order valence-electron chi connectivity index (χ1n) is 12.0. The Morgan fingerprint density at radius 3 is 2.50 bits per heavy atom. The van der Waals surface area contributed by atoms with Gasteiger partial charge in [-0.1, -0.05) is 48.5 Å². The van der Waals surface area contributed by atoms with Crippen LogP contribution in [0.5, 0.6) is 5.75 Å². The Labute approximate surface area is 211 Å². The van der Waals surface area contributed by atoms with E-state index in [1.807, 2.05) is 58.0 Å². The SMILES string of the molecule is COc1c(/C(C)=C/C(=O)Nc2cc(C)ccc2C)cc2c(-c3ccc4ccccc4c3)coc2c1C. The van der Waals surface area contributed by atoms with Crippen molar-refractivity contribution in [3.8, 4) is 16.9 Å². The maximum Gasteiger partial charge on any atom is 0.248 e. The van der Waals surface area contributed by atoms with Crippen LogP contribution in [-0.4, -0.2) is 13.0 Å². The third-order valence-electron chi connectivity index (χ3n) is 6.73. The number of aryl methyl sites for hydroxylation is 3. The molecule has 0 unspecified atom stereocenters. The van der Waals surface area contributed by atoms with E-state index in [1.165, 1.54) is 10.8 Å². The van der Waals surface area contributed by atoms with Crippen molar-refractivity contribution in [1.82, 2.24) is 0 Å². The summed E-state index contributed by atoms with van der Waals surface area (Å²) in [6, 6.07) is 22.8. The fourth-order valence-corrected chi connectivity index (χ4v) is 4.77. The van der Waals surface area contributed by atoms with Crippen LogP contribution in [0.2, 0.25) is 0 Å². The van der Waals surface area contributed by atoms with Crippen molar-refractivity contribution in [3.05, 3.63) is 101 Å².